The summed E-state index contributed by atoms with van der Waals surface area (Å²) in [5.74, 6) is 0.0650. The van der Waals surface area contributed by atoms with Gasteiger partial charge in [-0.25, -0.2) is 14.2 Å². The smallest absolute Gasteiger partial charge is 0.319 e. The number of ether oxygens (including phenoxy) is 1. The number of pyridine rings is 2. The number of hydrogen-bond acceptors (Lipinski definition) is 5. The number of piperidine rings is 1. The molecule has 5 rings (SSSR count). The van der Waals surface area contributed by atoms with Gasteiger partial charge < -0.3 is 20.3 Å². The highest BCUT2D eigenvalue weighted by Crippen LogP contribution is 2.47. The molecule has 7 nitrogen and oxygen atoms in total. The largest absolute Gasteiger partial charge is 0.474 e. The van der Waals surface area contributed by atoms with E-state index in [0.717, 1.165) is 60.3 Å². The van der Waals surface area contributed by atoms with Gasteiger partial charge in [-0.3, -0.25) is 4.98 Å². The zero-order chi connectivity index (χ0) is 26.7. The number of benzene rings is 1. The number of amides is 2. The van der Waals surface area contributed by atoms with Crippen LogP contribution >= 0.6 is 0 Å². The monoisotopic (exact) mass is 517 g/mol. The molecule has 200 valence electrons. The fraction of sp³-hybridized carbons (Fsp3) is 0.433. The first-order chi connectivity index (χ1) is 18.3. The van der Waals surface area contributed by atoms with E-state index in [9.17, 15) is 9.18 Å². The van der Waals surface area contributed by atoms with Crippen LogP contribution in [0.2, 0.25) is 0 Å². The number of carbonyl (C=O) groups excluding carboxylic acids is 1. The molecule has 0 unspecified atom stereocenters. The quantitative estimate of drug-likeness (QED) is 0.381. The predicted molar refractivity (Wildman–Crippen MR) is 148 cm³/mol. The number of aromatic nitrogens is 2. The van der Waals surface area contributed by atoms with Crippen LogP contribution in [0.4, 0.5) is 14.9 Å². The lowest BCUT2D eigenvalue weighted by molar-refractivity contribution is 0.110. The Kier molecular flexibility index (Phi) is 7.61. The minimum absolute atomic E-state index is 0.0902. The summed E-state index contributed by atoms with van der Waals surface area (Å²) in [7, 11) is 2.12. The molecule has 1 saturated heterocycles. The lowest BCUT2D eigenvalue weighted by atomic mass is 9.98. The number of anilines is 1. The summed E-state index contributed by atoms with van der Waals surface area (Å²) in [6, 6.07) is 10.4. The molecule has 3 aromatic rings. The van der Waals surface area contributed by atoms with Crippen molar-refractivity contribution in [3.05, 3.63) is 60.2 Å². The van der Waals surface area contributed by atoms with Crippen LogP contribution in [-0.2, 0) is 0 Å². The number of rotatable bonds is 8. The molecule has 0 atom stereocenters. The highest BCUT2D eigenvalue weighted by Gasteiger charge is 2.36. The van der Waals surface area contributed by atoms with Crippen molar-refractivity contribution < 1.29 is 13.9 Å². The van der Waals surface area contributed by atoms with Crippen LogP contribution in [0.5, 0.6) is 5.88 Å². The van der Waals surface area contributed by atoms with Crippen molar-refractivity contribution in [2.75, 3.05) is 32.0 Å². The Labute approximate surface area is 223 Å². The first kappa shape index (κ1) is 26.1. The molecule has 1 aliphatic heterocycles. The highest BCUT2D eigenvalue weighted by atomic mass is 19.1. The fourth-order valence-corrected chi connectivity index (χ4v) is 4.85. The number of nitrogens with zero attached hydrogens (tertiary/aromatic N) is 3. The number of urea groups is 1. The molecule has 1 aromatic carbocycles. The van der Waals surface area contributed by atoms with Crippen molar-refractivity contribution in [3.63, 3.8) is 0 Å². The van der Waals surface area contributed by atoms with Gasteiger partial charge in [-0.15, -0.1) is 0 Å². The zero-order valence-corrected chi connectivity index (χ0v) is 22.4. The van der Waals surface area contributed by atoms with Gasteiger partial charge in [0.25, 0.3) is 0 Å². The van der Waals surface area contributed by atoms with E-state index in [1.54, 1.807) is 18.5 Å². The summed E-state index contributed by atoms with van der Waals surface area (Å²) in [6.45, 7) is 6.62. The molecule has 0 spiro atoms. The molecule has 0 bridgehead atoms. The maximum Gasteiger partial charge on any atom is 0.319 e. The van der Waals surface area contributed by atoms with Crippen LogP contribution in [0, 0.1) is 18.2 Å². The summed E-state index contributed by atoms with van der Waals surface area (Å²) in [5.41, 5.74) is 4.55. The lowest BCUT2D eigenvalue weighted by Gasteiger charge is -2.29. The molecule has 2 aliphatic rings. The number of nitrogens with one attached hydrogen (secondary N) is 2. The highest BCUT2D eigenvalue weighted by molar-refractivity contribution is 5.90. The first-order valence-corrected chi connectivity index (χ1v) is 13.4. The van der Waals surface area contributed by atoms with Gasteiger partial charge in [0, 0.05) is 43.7 Å². The van der Waals surface area contributed by atoms with Gasteiger partial charge in [-0.2, -0.15) is 0 Å². The number of aryl methyl sites for hydroxylation is 1. The second-order valence-electron chi connectivity index (χ2n) is 11.0. The molecular weight excluding hydrogens is 481 g/mol. The van der Waals surface area contributed by atoms with E-state index in [4.69, 9.17) is 9.72 Å². The molecule has 2 N–H and O–H groups in total. The number of likely N-dealkylation sites (tertiary alicyclic amines) is 1. The van der Waals surface area contributed by atoms with Crippen LogP contribution < -0.4 is 15.4 Å². The molecular formula is C30H36FN5O2. The van der Waals surface area contributed by atoms with Crippen LogP contribution in [-0.4, -0.2) is 53.7 Å². The number of halogens is 1. The third kappa shape index (κ3) is 6.48. The van der Waals surface area contributed by atoms with Crippen LogP contribution in [0.3, 0.4) is 0 Å². The van der Waals surface area contributed by atoms with Crippen LogP contribution in [0.15, 0.2) is 48.8 Å². The maximum atomic E-state index is 14.9. The van der Waals surface area contributed by atoms with Gasteiger partial charge in [0.15, 0.2) is 0 Å². The van der Waals surface area contributed by atoms with E-state index in [1.807, 2.05) is 31.2 Å². The Morgan fingerprint density at radius 3 is 2.58 bits per heavy atom. The average Bonchev–Trinajstić information content (AvgIpc) is 3.64. The molecule has 0 radical (unpaired) electrons. The molecule has 2 aromatic heterocycles. The third-order valence-corrected chi connectivity index (χ3v) is 7.72. The summed E-state index contributed by atoms with van der Waals surface area (Å²) in [4.78, 5) is 23.7. The summed E-state index contributed by atoms with van der Waals surface area (Å²) < 4.78 is 21.3. The Bertz CT molecular complexity index is 1290. The second kappa shape index (κ2) is 11.1. The van der Waals surface area contributed by atoms with Crippen molar-refractivity contribution in [1.29, 1.82) is 0 Å². The van der Waals surface area contributed by atoms with Gasteiger partial charge in [-0.05, 0) is 98.5 Å². The summed E-state index contributed by atoms with van der Waals surface area (Å²) in [5, 5.41) is 5.56. The van der Waals surface area contributed by atoms with E-state index in [1.165, 1.54) is 18.9 Å². The van der Waals surface area contributed by atoms with Crippen molar-refractivity contribution in [2.24, 2.45) is 5.41 Å². The first-order valence-electron chi connectivity index (χ1n) is 13.4. The SMILES string of the molecule is Cc1cc(F)c(NC(=O)NCCC2(C)CC2)cc1-c1cc(OC2CCN(C)CC2)nc(-c2ccncc2)c1. The van der Waals surface area contributed by atoms with Crippen LogP contribution in [0.25, 0.3) is 22.4 Å². The van der Waals surface area contributed by atoms with Gasteiger partial charge in [0.1, 0.15) is 11.9 Å². The number of hydrogen-bond donors (Lipinski definition) is 2. The molecule has 1 aliphatic carbocycles. The van der Waals surface area contributed by atoms with E-state index < -0.39 is 11.8 Å². The third-order valence-electron chi connectivity index (χ3n) is 7.72. The molecule has 2 fully saturated rings. The van der Waals surface area contributed by atoms with Crippen molar-refractivity contribution in [3.8, 4) is 28.3 Å². The summed E-state index contributed by atoms with van der Waals surface area (Å²) in [6.07, 6.45) is 8.75. The fourth-order valence-electron chi connectivity index (χ4n) is 4.85. The number of carbonyl (C=O) groups is 1. The van der Waals surface area contributed by atoms with Gasteiger partial charge in [0.05, 0.1) is 11.4 Å². The van der Waals surface area contributed by atoms with Gasteiger partial charge in [0.2, 0.25) is 5.88 Å². The zero-order valence-electron chi connectivity index (χ0n) is 22.4. The molecule has 8 heteroatoms. The van der Waals surface area contributed by atoms with Crippen LogP contribution in [0.1, 0.15) is 44.6 Å². The van der Waals surface area contributed by atoms with E-state index in [0.29, 0.717) is 17.8 Å². The molecule has 38 heavy (non-hydrogen) atoms. The maximum absolute atomic E-state index is 14.9. The standard InChI is InChI=1S/C30H36FN5O2/c1-20-16-25(31)27(35-29(37)33-13-10-30(2)8-9-30)19-24(20)22-17-26(21-4-11-32-12-5-21)34-28(18-22)38-23-6-14-36(3)15-7-23/h4-5,11-12,16-19,23H,6-10,13-15H2,1-3H3,(H2,33,35,37). The predicted octanol–water partition coefficient (Wildman–Crippen LogP) is 6.04. The topological polar surface area (TPSA) is 79.4 Å². The summed E-state index contributed by atoms with van der Waals surface area (Å²) >= 11 is 0. The minimum atomic E-state index is -0.471. The second-order valence-corrected chi connectivity index (χ2v) is 11.0. The van der Waals surface area contributed by atoms with Crippen molar-refractivity contribution >= 4 is 11.7 Å². The van der Waals surface area contributed by atoms with E-state index in [-0.39, 0.29) is 11.8 Å². The van der Waals surface area contributed by atoms with E-state index >= 15 is 0 Å². The van der Waals surface area contributed by atoms with Gasteiger partial charge >= 0.3 is 6.03 Å². The van der Waals surface area contributed by atoms with Crippen molar-refractivity contribution in [2.45, 2.75) is 52.1 Å². The minimum Gasteiger partial charge on any atom is -0.474 e. The molecule has 1 saturated carbocycles. The Hall–Kier alpha value is -3.52. The van der Waals surface area contributed by atoms with E-state index in [2.05, 4.69) is 34.5 Å². The molecule has 2 amide bonds. The molecule has 3 heterocycles. The normalized spacial score (nSPS) is 17.2. The average molecular weight is 518 g/mol. The van der Waals surface area contributed by atoms with Gasteiger partial charge in [-0.1, -0.05) is 6.92 Å². The Balaban J connectivity index is 1.42. The van der Waals surface area contributed by atoms with Crippen molar-refractivity contribution in [1.82, 2.24) is 20.2 Å². The Morgan fingerprint density at radius 1 is 1.13 bits per heavy atom. The Morgan fingerprint density at radius 2 is 1.87 bits per heavy atom. The lowest BCUT2D eigenvalue weighted by Crippen LogP contribution is -2.35.